The summed E-state index contributed by atoms with van der Waals surface area (Å²) in [6, 6.07) is 0. The molecule has 0 radical (unpaired) electrons. The second-order valence-corrected chi connectivity index (χ2v) is 5.42. The zero-order chi connectivity index (χ0) is 19.0. The fraction of sp³-hybridized carbons (Fsp3) is 0.467. The van der Waals surface area contributed by atoms with Crippen molar-refractivity contribution >= 4 is 17.5 Å². The first-order valence-electron chi connectivity index (χ1n) is 7.46. The molecule has 1 aliphatic carbocycles. The summed E-state index contributed by atoms with van der Waals surface area (Å²) in [4.78, 5) is 7.42. The summed E-state index contributed by atoms with van der Waals surface area (Å²) in [5.74, 6) is 0.855. The highest BCUT2D eigenvalue weighted by Gasteiger charge is 2.35. The molecule has 10 heteroatoms. The van der Waals surface area contributed by atoms with Crippen molar-refractivity contribution in [1.29, 1.82) is 5.26 Å². The third-order valence-electron chi connectivity index (χ3n) is 3.27. The van der Waals surface area contributed by atoms with Crippen LogP contribution in [0.1, 0.15) is 31.0 Å². The van der Waals surface area contributed by atoms with Crippen LogP contribution in [-0.4, -0.2) is 27.2 Å². The molecule has 0 unspecified atom stereocenters. The first-order valence-corrected chi connectivity index (χ1v) is 7.46. The number of H-pyrrole nitrogens is 1. The maximum Gasteiger partial charge on any atom is 0.421 e. The summed E-state index contributed by atoms with van der Waals surface area (Å²) in [7, 11) is 1.37. The van der Waals surface area contributed by atoms with Crippen molar-refractivity contribution in [2.45, 2.75) is 32.9 Å². The number of alkyl halides is 3. The third-order valence-corrected chi connectivity index (χ3v) is 3.27. The highest BCUT2D eigenvalue weighted by molar-refractivity contribution is 5.57. The van der Waals surface area contributed by atoms with Gasteiger partial charge in [0.2, 0.25) is 5.95 Å². The van der Waals surface area contributed by atoms with Crippen LogP contribution in [0.5, 0.6) is 0 Å². The number of aromatic nitrogens is 4. The van der Waals surface area contributed by atoms with Crippen LogP contribution in [0, 0.1) is 24.7 Å². The molecule has 0 aliphatic heterocycles. The van der Waals surface area contributed by atoms with Crippen molar-refractivity contribution in [2.75, 3.05) is 17.7 Å². The minimum atomic E-state index is -4.50. The van der Waals surface area contributed by atoms with Gasteiger partial charge in [0.15, 0.2) is 0 Å². The predicted octanol–water partition coefficient (Wildman–Crippen LogP) is 3.87. The Kier molecular flexibility index (Phi) is 7.17. The number of halogens is 3. The monoisotopic (exact) mass is 355 g/mol. The molecule has 0 aromatic carbocycles. The van der Waals surface area contributed by atoms with Gasteiger partial charge >= 0.3 is 6.18 Å². The van der Waals surface area contributed by atoms with Gasteiger partial charge in [-0.2, -0.15) is 23.3 Å². The van der Waals surface area contributed by atoms with Crippen LogP contribution < -0.4 is 10.6 Å². The number of nitrogens with one attached hydrogen (secondary N) is 3. The van der Waals surface area contributed by atoms with Crippen molar-refractivity contribution in [3.05, 3.63) is 23.7 Å². The second-order valence-electron chi connectivity index (χ2n) is 5.42. The Morgan fingerprint density at radius 1 is 1.28 bits per heavy atom. The molecule has 0 spiro atoms. The lowest BCUT2D eigenvalue weighted by Crippen LogP contribution is -2.12. The molecule has 7 nitrogen and oxygen atoms in total. The molecule has 0 saturated heterocycles. The molecule has 0 amide bonds. The molecule has 3 rings (SSSR count). The van der Waals surface area contributed by atoms with Crippen molar-refractivity contribution in [1.82, 2.24) is 20.2 Å². The number of nitriles is 1. The van der Waals surface area contributed by atoms with Crippen LogP contribution >= 0.6 is 0 Å². The largest absolute Gasteiger partial charge is 0.421 e. The van der Waals surface area contributed by atoms with E-state index in [2.05, 4.69) is 44.3 Å². The van der Waals surface area contributed by atoms with Crippen LogP contribution in [-0.2, 0) is 6.18 Å². The Bertz CT molecular complexity index is 690. The Morgan fingerprint density at radius 3 is 2.28 bits per heavy atom. The van der Waals surface area contributed by atoms with E-state index in [9.17, 15) is 13.2 Å². The van der Waals surface area contributed by atoms with E-state index in [0.717, 1.165) is 17.8 Å². The van der Waals surface area contributed by atoms with Gasteiger partial charge in [0, 0.05) is 19.8 Å². The molecule has 25 heavy (non-hydrogen) atoms. The quantitative estimate of drug-likeness (QED) is 0.772. The lowest BCUT2D eigenvalue weighted by molar-refractivity contribution is -0.137. The maximum atomic E-state index is 12.7. The van der Waals surface area contributed by atoms with Gasteiger partial charge in [0.1, 0.15) is 11.4 Å². The number of hydrogen-bond acceptors (Lipinski definition) is 6. The van der Waals surface area contributed by atoms with E-state index in [1.54, 1.807) is 6.92 Å². The summed E-state index contributed by atoms with van der Waals surface area (Å²) < 4.78 is 38.0. The van der Waals surface area contributed by atoms with Gasteiger partial charge in [0.25, 0.3) is 0 Å². The number of aromatic amines is 1. The van der Waals surface area contributed by atoms with E-state index < -0.39 is 11.7 Å². The smallest absolute Gasteiger partial charge is 0.372 e. The molecule has 1 fully saturated rings. The number of rotatable bonds is 3. The predicted molar refractivity (Wildman–Crippen MR) is 88.3 cm³/mol. The van der Waals surface area contributed by atoms with Crippen molar-refractivity contribution in [3.8, 4) is 6.57 Å². The topological polar surface area (TPSA) is 102 Å². The number of nitrogens with zero attached hydrogens (tertiary/aromatic N) is 4. The van der Waals surface area contributed by atoms with E-state index in [-0.39, 0.29) is 11.8 Å². The SMILES string of the molecule is C#N.CC1CC1.CNc1nc(Nc2cn[nH]c2C)ncc1C(F)(F)F. The summed E-state index contributed by atoms with van der Waals surface area (Å²) >= 11 is 0. The van der Waals surface area contributed by atoms with Gasteiger partial charge in [-0.1, -0.05) is 19.8 Å². The van der Waals surface area contributed by atoms with Crippen LogP contribution in [0.15, 0.2) is 12.4 Å². The maximum absolute atomic E-state index is 12.7. The first kappa shape index (κ1) is 20.2. The minimum absolute atomic E-state index is 0.0573. The zero-order valence-corrected chi connectivity index (χ0v) is 14.1. The van der Waals surface area contributed by atoms with Gasteiger partial charge in [-0.05, 0) is 12.8 Å². The second kappa shape index (κ2) is 8.86. The van der Waals surface area contributed by atoms with Crippen LogP contribution in [0.4, 0.5) is 30.6 Å². The summed E-state index contributed by atoms with van der Waals surface area (Å²) in [6.07, 6.45) is 0.703. The molecule has 3 N–H and O–H groups in total. The standard InChI is InChI=1S/C10H11F3N6.C4H8.CHN/c1-5-7(4-16-19-5)17-9-15-3-6(10(11,12)13)8(14-2)18-9;1-4-2-3-4;1-2/h3-4H,1-2H3,(H,16,19)(H2,14,15,17,18);4H,2-3H2,1H3;1H. The van der Waals surface area contributed by atoms with Gasteiger partial charge in [0.05, 0.1) is 17.6 Å². The average Bonchev–Trinajstić information content (AvgIpc) is 3.27. The van der Waals surface area contributed by atoms with Crippen LogP contribution in [0.3, 0.4) is 0 Å². The first-order chi connectivity index (χ1) is 11.8. The van der Waals surface area contributed by atoms with Crippen LogP contribution in [0.2, 0.25) is 0 Å². The normalized spacial score (nSPS) is 13.0. The van der Waals surface area contributed by atoms with Gasteiger partial charge in [-0.25, -0.2) is 10.2 Å². The molecule has 0 bridgehead atoms. The fourth-order valence-corrected chi connectivity index (χ4v) is 1.60. The molecule has 2 aromatic rings. The number of hydrogen-bond donors (Lipinski definition) is 3. The van der Waals surface area contributed by atoms with Gasteiger partial charge < -0.3 is 10.6 Å². The Labute approximate surface area is 143 Å². The average molecular weight is 355 g/mol. The molecule has 0 atom stereocenters. The molecule has 2 heterocycles. The number of anilines is 3. The Morgan fingerprint density at radius 2 is 1.88 bits per heavy atom. The highest BCUT2D eigenvalue weighted by Crippen LogP contribution is 2.33. The zero-order valence-electron chi connectivity index (χ0n) is 14.1. The minimum Gasteiger partial charge on any atom is -0.372 e. The summed E-state index contributed by atoms with van der Waals surface area (Å²) in [5.41, 5.74) is 0.417. The Hall–Kier alpha value is -2.83. The van der Waals surface area contributed by atoms with Crippen molar-refractivity contribution < 1.29 is 13.2 Å². The lowest BCUT2D eigenvalue weighted by atomic mass is 10.3. The molecule has 2 aromatic heterocycles. The molecule has 136 valence electrons. The van der Waals surface area contributed by atoms with Crippen LogP contribution in [0.25, 0.3) is 0 Å². The fourth-order valence-electron chi connectivity index (χ4n) is 1.60. The molecule has 1 saturated carbocycles. The highest BCUT2D eigenvalue weighted by atomic mass is 19.4. The van der Waals surface area contributed by atoms with Gasteiger partial charge in [-0.3, -0.25) is 5.10 Å². The van der Waals surface area contributed by atoms with E-state index in [4.69, 9.17) is 5.26 Å². The van der Waals surface area contributed by atoms with Crippen molar-refractivity contribution in [3.63, 3.8) is 0 Å². The van der Waals surface area contributed by atoms with E-state index in [0.29, 0.717) is 5.69 Å². The van der Waals surface area contributed by atoms with E-state index in [1.807, 2.05) is 0 Å². The molecular formula is C15H20F3N7. The molecule has 1 aliphatic rings. The van der Waals surface area contributed by atoms with E-state index in [1.165, 1.54) is 26.1 Å². The third kappa shape index (κ3) is 6.29. The van der Waals surface area contributed by atoms with Gasteiger partial charge in [-0.15, -0.1) is 0 Å². The van der Waals surface area contributed by atoms with Crippen molar-refractivity contribution in [2.24, 2.45) is 5.92 Å². The summed E-state index contributed by atoms with van der Waals surface area (Å²) in [5, 5.41) is 18.2. The lowest BCUT2D eigenvalue weighted by Gasteiger charge is -2.12. The number of aryl methyl sites for hydroxylation is 1. The summed E-state index contributed by atoms with van der Waals surface area (Å²) in [6.45, 7) is 7.54. The molecular weight excluding hydrogens is 335 g/mol. The van der Waals surface area contributed by atoms with E-state index >= 15 is 0 Å². The Balaban J connectivity index is 0.000000446.